The van der Waals surface area contributed by atoms with Crippen LogP contribution in [0.2, 0.25) is 0 Å². The number of ketones is 1. The average Bonchev–Trinajstić information content (AvgIpc) is 2.14. The molecule has 0 aromatic heterocycles. The molecule has 0 spiro atoms. The quantitative estimate of drug-likeness (QED) is 0.623. The van der Waals surface area contributed by atoms with Crippen LogP contribution in [-0.4, -0.2) is 24.8 Å². The highest BCUT2D eigenvalue weighted by Crippen LogP contribution is 2.15. The molecule has 0 amide bonds. The summed E-state index contributed by atoms with van der Waals surface area (Å²) in [5.41, 5.74) is 0.0799. The summed E-state index contributed by atoms with van der Waals surface area (Å²) in [4.78, 5) is 13.2. The summed E-state index contributed by atoms with van der Waals surface area (Å²) >= 11 is 3.13. The van der Waals surface area contributed by atoms with Gasteiger partial charge in [0, 0.05) is 30.8 Å². The molecule has 0 aliphatic rings. The van der Waals surface area contributed by atoms with Crippen molar-refractivity contribution in [2.45, 2.75) is 0 Å². The summed E-state index contributed by atoms with van der Waals surface area (Å²) in [7, 11) is 3.59. The maximum Gasteiger partial charge on any atom is 0.190 e. The Kier molecular flexibility index (Phi) is 4.03. The molecule has 0 fully saturated rings. The van der Waals surface area contributed by atoms with Crippen molar-refractivity contribution in [1.29, 1.82) is 0 Å². The van der Waals surface area contributed by atoms with E-state index in [4.69, 9.17) is 0 Å². The van der Waals surface area contributed by atoms with Gasteiger partial charge in [-0.25, -0.2) is 4.39 Å². The molecule has 0 unspecified atom stereocenters. The molecule has 1 aromatic rings. The lowest BCUT2D eigenvalue weighted by molar-refractivity contribution is 0.104. The normalized spacial score (nSPS) is 10.7. The second-order valence-corrected chi connectivity index (χ2v) is 4.18. The predicted octanol–water partition coefficient (Wildman–Crippen LogP) is 2.85. The lowest BCUT2D eigenvalue weighted by Gasteiger charge is -2.03. The number of hydrogen-bond acceptors (Lipinski definition) is 2. The van der Waals surface area contributed by atoms with E-state index in [1.807, 2.05) is 0 Å². The van der Waals surface area contributed by atoms with Crippen molar-refractivity contribution in [3.05, 3.63) is 46.3 Å². The van der Waals surface area contributed by atoms with Crippen LogP contribution in [0.3, 0.4) is 0 Å². The molecule has 0 heterocycles. The van der Waals surface area contributed by atoms with E-state index in [1.165, 1.54) is 18.2 Å². The average molecular weight is 272 g/mol. The monoisotopic (exact) mass is 271 g/mol. The zero-order valence-electron chi connectivity index (χ0n) is 8.50. The molecular formula is C11H11BrFNO. The van der Waals surface area contributed by atoms with E-state index < -0.39 is 5.82 Å². The number of halogens is 2. The molecule has 4 heteroatoms. The van der Waals surface area contributed by atoms with Gasteiger partial charge in [0.1, 0.15) is 5.82 Å². The highest BCUT2D eigenvalue weighted by Gasteiger charge is 2.08. The van der Waals surface area contributed by atoms with Gasteiger partial charge in [0.05, 0.1) is 5.56 Å². The van der Waals surface area contributed by atoms with Crippen LogP contribution in [0.4, 0.5) is 4.39 Å². The summed E-state index contributed by atoms with van der Waals surface area (Å²) in [6.07, 6.45) is 2.93. The lowest BCUT2D eigenvalue weighted by Crippen LogP contribution is -2.04. The predicted molar refractivity (Wildman–Crippen MR) is 61.3 cm³/mol. The molecule has 0 aliphatic heterocycles. The molecule has 0 saturated carbocycles. The molecule has 0 N–H and O–H groups in total. The molecule has 0 saturated heterocycles. The summed E-state index contributed by atoms with van der Waals surface area (Å²) < 4.78 is 13.9. The second-order valence-electron chi connectivity index (χ2n) is 3.27. The fourth-order valence-corrected chi connectivity index (χ4v) is 1.33. The molecule has 0 radical (unpaired) electrons. The number of carbonyl (C=O) groups is 1. The number of rotatable bonds is 3. The third kappa shape index (κ3) is 3.47. The van der Waals surface area contributed by atoms with Crippen molar-refractivity contribution in [3.8, 4) is 0 Å². The van der Waals surface area contributed by atoms with E-state index >= 15 is 0 Å². The SMILES string of the molecule is CN(C)/C=C/C(=O)c1ccc(Br)cc1F. The number of allylic oxidation sites excluding steroid dienone is 1. The highest BCUT2D eigenvalue weighted by atomic mass is 79.9. The van der Waals surface area contributed by atoms with Gasteiger partial charge in [0.2, 0.25) is 0 Å². The van der Waals surface area contributed by atoms with Gasteiger partial charge in [0.25, 0.3) is 0 Å². The Bertz CT molecular complexity index is 402. The van der Waals surface area contributed by atoms with Crippen molar-refractivity contribution in [3.63, 3.8) is 0 Å². The largest absolute Gasteiger partial charge is 0.383 e. The summed E-state index contributed by atoms with van der Waals surface area (Å²) in [5, 5.41) is 0. The lowest BCUT2D eigenvalue weighted by atomic mass is 10.1. The van der Waals surface area contributed by atoms with Crippen LogP contribution in [0.5, 0.6) is 0 Å². The van der Waals surface area contributed by atoms with Crippen molar-refractivity contribution in [1.82, 2.24) is 4.90 Å². The van der Waals surface area contributed by atoms with Gasteiger partial charge in [-0.15, -0.1) is 0 Å². The van der Waals surface area contributed by atoms with E-state index in [0.29, 0.717) is 4.47 Å². The molecule has 0 atom stereocenters. The zero-order valence-corrected chi connectivity index (χ0v) is 10.1. The fraction of sp³-hybridized carbons (Fsp3) is 0.182. The third-order valence-corrected chi connectivity index (χ3v) is 2.21. The summed E-state index contributed by atoms with van der Waals surface area (Å²) in [5.74, 6) is -0.855. The van der Waals surface area contributed by atoms with Crippen LogP contribution in [-0.2, 0) is 0 Å². The van der Waals surface area contributed by atoms with Crippen LogP contribution in [0, 0.1) is 5.82 Å². The molecule has 80 valence electrons. The van der Waals surface area contributed by atoms with Gasteiger partial charge in [-0.2, -0.15) is 0 Å². The minimum Gasteiger partial charge on any atom is -0.383 e. The molecule has 0 bridgehead atoms. The van der Waals surface area contributed by atoms with E-state index in [0.717, 1.165) is 0 Å². The Morgan fingerprint density at radius 3 is 2.67 bits per heavy atom. The fourth-order valence-electron chi connectivity index (χ4n) is 0.996. The van der Waals surface area contributed by atoms with E-state index in [9.17, 15) is 9.18 Å². The Morgan fingerprint density at radius 2 is 2.13 bits per heavy atom. The topological polar surface area (TPSA) is 20.3 Å². The maximum absolute atomic E-state index is 13.3. The molecule has 2 nitrogen and oxygen atoms in total. The molecule has 1 rings (SSSR count). The van der Waals surface area contributed by atoms with Crippen LogP contribution in [0.25, 0.3) is 0 Å². The molecule has 0 aliphatic carbocycles. The first kappa shape index (κ1) is 11.9. The number of nitrogens with zero attached hydrogens (tertiary/aromatic N) is 1. The molecule has 1 aromatic carbocycles. The van der Waals surface area contributed by atoms with E-state index in [2.05, 4.69) is 15.9 Å². The van der Waals surface area contributed by atoms with Crippen molar-refractivity contribution < 1.29 is 9.18 Å². The van der Waals surface area contributed by atoms with Gasteiger partial charge in [0.15, 0.2) is 5.78 Å². The van der Waals surface area contributed by atoms with Crippen LogP contribution in [0.1, 0.15) is 10.4 Å². The van der Waals surface area contributed by atoms with Crippen molar-refractivity contribution >= 4 is 21.7 Å². The van der Waals surface area contributed by atoms with Gasteiger partial charge in [-0.1, -0.05) is 15.9 Å². The summed E-state index contributed by atoms with van der Waals surface area (Å²) in [6.45, 7) is 0. The molecular weight excluding hydrogens is 261 g/mol. The number of benzene rings is 1. The third-order valence-electron chi connectivity index (χ3n) is 1.72. The second kappa shape index (κ2) is 5.07. The summed E-state index contributed by atoms with van der Waals surface area (Å²) in [6, 6.07) is 4.37. The minimum absolute atomic E-state index is 0.0799. The van der Waals surface area contributed by atoms with Crippen LogP contribution < -0.4 is 0 Å². The first-order chi connectivity index (χ1) is 7.00. The standard InChI is InChI=1S/C11H11BrFNO/c1-14(2)6-5-11(15)9-4-3-8(12)7-10(9)13/h3-7H,1-2H3/b6-5+. The van der Waals surface area contributed by atoms with Gasteiger partial charge < -0.3 is 4.90 Å². The van der Waals surface area contributed by atoms with E-state index in [1.54, 1.807) is 31.3 Å². The van der Waals surface area contributed by atoms with Crippen LogP contribution >= 0.6 is 15.9 Å². The van der Waals surface area contributed by atoms with Crippen LogP contribution in [0.15, 0.2) is 34.9 Å². The van der Waals surface area contributed by atoms with Gasteiger partial charge in [-0.05, 0) is 18.2 Å². The Morgan fingerprint density at radius 1 is 1.47 bits per heavy atom. The molecule has 15 heavy (non-hydrogen) atoms. The Balaban J connectivity index is 2.92. The maximum atomic E-state index is 13.3. The van der Waals surface area contributed by atoms with Gasteiger partial charge >= 0.3 is 0 Å². The van der Waals surface area contributed by atoms with E-state index in [-0.39, 0.29) is 11.3 Å². The van der Waals surface area contributed by atoms with Crippen molar-refractivity contribution in [2.24, 2.45) is 0 Å². The minimum atomic E-state index is -0.516. The smallest absolute Gasteiger partial charge is 0.190 e. The van der Waals surface area contributed by atoms with Crippen molar-refractivity contribution in [2.75, 3.05) is 14.1 Å². The van der Waals surface area contributed by atoms with Gasteiger partial charge in [-0.3, -0.25) is 4.79 Å². The first-order valence-electron chi connectivity index (χ1n) is 4.34. The Hall–Kier alpha value is -1.16. The first-order valence-corrected chi connectivity index (χ1v) is 5.14. The highest BCUT2D eigenvalue weighted by molar-refractivity contribution is 9.10. The zero-order chi connectivity index (χ0) is 11.4. The number of hydrogen-bond donors (Lipinski definition) is 0. The Labute approximate surface area is 96.5 Å². The number of carbonyl (C=O) groups excluding carboxylic acids is 1.